The minimum Gasteiger partial charge on any atom is -0.490 e. The molecular formula is C24H22N4O3. The number of amidine groups is 2. The first-order valence-electron chi connectivity index (χ1n) is 9.69. The second-order valence-corrected chi connectivity index (χ2v) is 6.91. The summed E-state index contributed by atoms with van der Waals surface area (Å²) in [5, 5.41) is 15.9. The second kappa shape index (κ2) is 8.62. The van der Waals surface area contributed by atoms with Crippen molar-refractivity contribution < 1.29 is 13.9 Å². The van der Waals surface area contributed by atoms with Gasteiger partial charge >= 0.3 is 0 Å². The Labute approximate surface area is 179 Å². The van der Waals surface area contributed by atoms with Gasteiger partial charge in [-0.1, -0.05) is 24.3 Å². The largest absolute Gasteiger partial charge is 0.490 e. The van der Waals surface area contributed by atoms with E-state index >= 15 is 0 Å². The van der Waals surface area contributed by atoms with Crippen LogP contribution < -0.4 is 20.9 Å². The molecule has 156 valence electrons. The first-order valence-corrected chi connectivity index (χ1v) is 9.69. The number of fused-ring (bicyclic) bond motifs is 1. The quantitative estimate of drug-likeness (QED) is 0.196. The van der Waals surface area contributed by atoms with Crippen LogP contribution in [0.2, 0.25) is 0 Å². The van der Waals surface area contributed by atoms with Crippen LogP contribution in [0.3, 0.4) is 0 Å². The molecule has 7 heteroatoms. The molecule has 1 aromatic heterocycles. The van der Waals surface area contributed by atoms with Gasteiger partial charge in [-0.2, -0.15) is 0 Å². The Morgan fingerprint density at radius 3 is 2.19 bits per heavy atom. The van der Waals surface area contributed by atoms with Crippen LogP contribution in [0.1, 0.15) is 11.1 Å². The van der Waals surface area contributed by atoms with Crippen LogP contribution >= 0.6 is 0 Å². The van der Waals surface area contributed by atoms with E-state index in [2.05, 4.69) is 0 Å². The lowest BCUT2D eigenvalue weighted by molar-refractivity contribution is 0.217. The molecule has 0 aliphatic rings. The molecule has 0 saturated heterocycles. The fourth-order valence-electron chi connectivity index (χ4n) is 3.17. The summed E-state index contributed by atoms with van der Waals surface area (Å²) in [5.74, 6) is 2.06. The molecule has 4 rings (SSSR count). The number of nitrogens with one attached hydrogen (secondary N) is 2. The van der Waals surface area contributed by atoms with Gasteiger partial charge in [0.1, 0.15) is 47.7 Å². The molecule has 4 aromatic rings. The van der Waals surface area contributed by atoms with Crippen LogP contribution in [0.5, 0.6) is 11.5 Å². The van der Waals surface area contributed by atoms with Crippen molar-refractivity contribution >= 4 is 22.6 Å². The van der Waals surface area contributed by atoms with E-state index in [-0.39, 0.29) is 11.7 Å². The van der Waals surface area contributed by atoms with Crippen molar-refractivity contribution in [2.75, 3.05) is 13.2 Å². The minimum absolute atomic E-state index is 0.000447. The lowest BCUT2D eigenvalue weighted by atomic mass is 10.1. The van der Waals surface area contributed by atoms with Gasteiger partial charge in [0.15, 0.2) is 0 Å². The van der Waals surface area contributed by atoms with Crippen LogP contribution in [-0.4, -0.2) is 24.9 Å². The summed E-state index contributed by atoms with van der Waals surface area (Å²) >= 11 is 0. The molecule has 1 heterocycles. The molecule has 0 fully saturated rings. The maximum atomic E-state index is 7.59. The summed E-state index contributed by atoms with van der Waals surface area (Å²) in [6.45, 7) is 0.704. The highest BCUT2D eigenvalue weighted by Gasteiger charge is 2.12. The van der Waals surface area contributed by atoms with Gasteiger partial charge in [0.25, 0.3) is 0 Å². The predicted molar refractivity (Wildman–Crippen MR) is 121 cm³/mol. The van der Waals surface area contributed by atoms with E-state index in [1.54, 1.807) is 36.4 Å². The predicted octanol–water partition coefficient (Wildman–Crippen LogP) is 4.13. The SMILES string of the molecule is N=C(N)c1ccc(OCCOc2ccccc2-c2cc3ccc(C(=N)N)cc3o2)cc1. The Hall–Kier alpha value is -4.26. The number of nitrogens with two attached hydrogens (primary N) is 2. The first-order chi connectivity index (χ1) is 15.0. The van der Waals surface area contributed by atoms with Gasteiger partial charge in [-0.25, -0.2) is 0 Å². The number of para-hydroxylation sites is 1. The van der Waals surface area contributed by atoms with Crippen LogP contribution in [0.25, 0.3) is 22.3 Å². The molecule has 0 amide bonds. The fraction of sp³-hybridized carbons (Fsp3) is 0.0833. The van der Waals surface area contributed by atoms with E-state index in [0.717, 1.165) is 10.9 Å². The maximum absolute atomic E-state index is 7.59. The number of benzene rings is 3. The summed E-state index contributed by atoms with van der Waals surface area (Å²) in [6.07, 6.45) is 0. The number of ether oxygens (including phenoxy) is 2. The zero-order chi connectivity index (χ0) is 21.8. The highest BCUT2D eigenvalue weighted by molar-refractivity contribution is 5.98. The second-order valence-electron chi connectivity index (χ2n) is 6.91. The third-order valence-electron chi connectivity index (χ3n) is 4.76. The van der Waals surface area contributed by atoms with E-state index in [4.69, 9.17) is 36.2 Å². The van der Waals surface area contributed by atoms with E-state index in [9.17, 15) is 0 Å². The zero-order valence-corrected chi connectivity index (χ0v) is 16.7. The van der Waals surface area contributed by atoms with Crippen molar-refractivity contribution in [2.24, 2.45) is 11.5 Å². The third-order valence-corrected chi connectivity index (χ3v) is 4.76. The summed E-state index contributed by atoms with van der Waals surface area (Å²) in [7, 11) is 0. The van der Waals surface area contributed by atoms with Gasteiger partial charge in [0, 0.05) is 16.5 Å². The van der Waals surface area contributed by atoms with Crippen molar-refractivity contribution in [2.45, 2.75) is 0 Å². The molecular weight excluding hydrogens is 392 g/mol. The van der Waals surface area contributed by atoms with E-state index in [1.807, 2.05) is 36.4 Å². The van der Waals surface area contributed by atoms with Crippen molar-refractivity contribution in [3.63, 3.8) is 0 Å². The first kappa shape index (κ1) is 20.0. The van der Waals surface area contributed by atoms with Crippen LogP contribution in [0.4, 0.5) is 0 Å². The Morgan fingerprint density at radius 2 is 1.45 bits per heavy atom. The van der Waals surface area contributed by atoms with Crippen LogP contribution in [0, 0.1) is 10.8 Å². The molecule has 3 aromatic carbocycles. The number of rotatable bonds is 8. The third kappa shape index (κ3) is 4.51. The smallest absolute Gasteiger partial charge is 0.139 e. The van der Waals surface area contributed by atoms with Gasteiger partial charge < -0.3 is 25.4 Å². The zero-order valence-electron chi connectivity index (χ0n) is 16.7. The Kier molecular flexibility index (Phi) is 5.57. The normalized spacial score (nSPS) is 10.7. The van der Waals surface area contributed by atoms with Gasteiger partial charge in [-0.15, -0.1) is 0 Å². The number of furan rings is 1. The molecule has 0 spiro atoms. The van der Waals surface area contributed by atoms with Crippen LogP contribution in [0.15, 0.2) is 77.2 Å². The van der Waals surface area contributed by atoms with Crippen molar-refractivity contribution in [3.05, 3.63) is 83.9 Å². The molecule has 0 bridgehead atoms. The fourth-order valence-corrected chi connectivity index (χ4v) is 3.17. The summed E-state index contributed by atoms with van der Waals surface area (Å²) in [6, 6.07) is 22.0. The van der Waals surface area contributed by atoms with Crippen LogP contribution in [-0.2, 0) is 0 Å². The Balaban J connectivity index is 1.44. The standard InChI is InChI=1S/C24H22N4O3/c25-23(26)15-7-9-18(10-8-15)29-11-12-30-20-4-2-1-3-19(20)22-13-16-5-6-17(24(27)28)14-21(16)31-22/h1-10,13-14H,11-12H2,(H3,25,26)(H3,27,28). The maximum Gasteiger partial charge on any atom is 0.139 e. The van der Waals surface area contributed by atoms with Crippen molar-refractivity contribution in [1.82, 2.24) is 0 Å². The Bertz CT molecular complexity index is 1250. The molecule has 7 nitrogen and oxygen atoms in total. The number of nitrogen functional groups attached to an aromatic ring is 2. The van der Waals surface area contributed by atoms with Gasteiger partial charge in [-0.3, -0.25) is 10.8 Å². The van der Waals surface area contributed by atoms with Gasteiger partial charge in [-0.05, 0) is 48.5 Å². The highest BCUT2D eigenvalue weighted by atomic mass is 16.5. The average molecular weight is 414 g/mol. The van der Waals surface area contributed by atoms with E-state index < -0.39 is 0 Å². The molecule has 0 unspecified atom stereocenters. The molecule has 0 atom stereocenters. The molecule has 0 aliphatic carbocycles. The molecule has 31 heavy (non-hydrogen) atoms. The average Bonchev–Trinajstić information content (AvgIpc) is 3.20. The van der Waals surface area contributed by atoms with Gasteiger partial charge in [0.05, 0.1) is 5.56 Å². The minimum atomic E-state index is -0.000447. The van der Waals surface area contributed by atoms with E-state index in [1.165, 1.54) is 0 Å². The monoisotopic (exact) mass is 414 g/mol. The highest BCUT2D eigenvalue weighted by Crippen LogP contribution is 2.34. The van der Waals surface area contributed by atoms with Gasteiger partial charge in [0.2, 0.25) is 0 Å². The number of hydrogen-bond acceptors (Lipinski definition) is 5. The summed E-state index contributed by atoms with van der Waals surface area (Å²) < 4.78 is 17.6. The molecule has 6 N–H and O–H groups in total. The molecule has 0 aliphatic heterocycles. The molecule has 0 saturated carbocycles. The lowest BCUT2D eigenvalue weighted by Gasteiger charge is -2.11. The molecule has 0 radical (unpaired) electrons. The Morgan fingerprint density at radius 1 is 0.774 bits per heavy atom. The summed E-state index contributed by atoms with van der Waals surface area (Å²) in [4.78, 5) is 0. The van der Waals surface area contributed by atoms with E-state index in [0.29, 0.717) is 47.2 Å². The number of hydrogen-bond donors (Lipinski definition) is 4. The lowest BCUT2D eigenvalue weighted by Crippen LogP contribution is -2.11. The topological polar surface area (TPSA) is 131 Å². The van der Waals surface area contributed by atoms with Crippen molar-refractivity contribution in [3.8, 4) is 22.8 Å². The van der Waals surface area contributed by atoms with Crippen molar-refractivity contribution in [1.29, 1.82) is 10.8 Å². The summed E-state index contributed by atoms with van der Waals surface area (Å²) in [5.41, 5.74) is 13.8.